The number of carbonyl (C=O) groups excluding carboxylic acids is 1. The van der Waals surface area contributed by atoms with E-state index in [1.54, 1.807) is 25.1 Å². The molecular formula is C18H16Cl2N4O. The molecule has 1 amide bonds. The fourth-order valence-corrected chi connectivity index (χ4v) is 2.86. The van der Waals surface area contributed by atoms with E-state index in [1.165, 1.54) is 4.80 Å². The van der Waals surface area contributed by atoms with Crippen LogP contribution < -0.4 is 5.32 Å². The van der Waals surface area contributed by atoms with Crippen LogP contribution in [0.3, 0.4) is 0 Å². The van der Waals surface area contributed by atoms with Crippen molar-refractivity contribution in [2.45, 2.75) is 20.8 Å². The van der Waals surface area contributed by atoms with E-state index in [0.717, 1.165) is 16.8 Å². The van der Waals surface area contributed by atoms with Gasteiger partial charge >= 0.3 is 0 Å². The van der Waals surface area contributed by atoms with Crippen molar-refractivity contribution in [1.82, 2.24) is 15.0 Å². The topological polar surface area (TPSA) is 59.8 Å². The zero-order chi connectivity index (χ0) is 18.1. The summed E-state index contributed by atoms with van der Waals surface area (Å²) >= 11 is 12.1. The molecule has 0 bridgehead atoms. The van der Waals surface area contributed by atoms with Crippen LogP contribution in [-0.2, 0) is 0 Å². The van der Waals surface area contributed by atoms with Gasteiger partial charge in [-0.3, -0.25) is 4.79 Å². The SMILES string of the molecule is Cc1ccc(-n2nc(C)c(C(=O)Nc3cccc(Cl)c3Cl)n2)c(C)c1. The predicted molar refractivity (Wildman–Crippen MR) is 100.0 cm³/mol. The van der Waals surface area contributed by atoms with Gasteiger partial charge in [-0.05, 0) is 44.5 Å². The van der Waals surface area contributed by atoms with Crippen molar-refractivity contribution in [3.05, 3.63) is 69.0 Å². The Morgan fingerprint density at radius 2 is 1.84 bits per heavy atom. The van der Waals surface area contributed by atoms with Crippen LogP contribution >= 0.6 is 23.2 Å². The minimum Gasteiger partial charge on any atom is -0.319 e. The van der Waals surface area contributed by atoms with Gasteiger partial charge in [0, 0.05) is 0 Å². The number of anilines is 1. The zero-order valence-electron chi connectivity index (χ0n) is 14.0. The fourth-order valence-electron chi connectivity index (χ4n) is 2.51. The first-order valence-electron chi connectivity index (χ1n) is 7.63. The molecule has 0 radical (unpaired) electrons. The van der Waals surface area contributed by atoms with Crippen LogP contribution in [0.5, 0.6) is 0 Å². The first-order chi connectivity index (χ1) is 11.9. The number of halogens is 2. The molecule has 0 aliphatic carbocycles. The first-order valence-corrected chi connectivity index (χ1v) is 8.39. The summed E-state index contributed by atoms with van der Waals surface area (Å²) in [6.07, 6.45) is 0. The van der Waals surface area contributed by atoms with Crippen molar-refractivity contribution < 1.29 is 4.79 Å². The number of nitrogens with zero attached hydrogens (tertiary/aromatic N) is 3. The Kier molecular flexibility index (Phi) is 4.79. The molecule has 0 fully saturated rings. The van der Waals surface area contributed by atoms with E-state index < -0.39 is 5.91 Å². The van der Waals surface area contributed by atoms with Gasteiger partial charge < -0.3 is 5.32 Å². The lowest BCUT2D eigenvalue weighted by molar-refractivity contribution is 0.102. The second kappa shape index (κ2) is 6.86. The lowest BCUT2D eigenvalue weighted by atomic mass is 10.1. The first kappa shape index (κ1) is 17.5. The van der Waals surface area contributed by atoms with Gasteiger partial charge in [-0.1, -0.05) is 47.0 Å². The molecule has 1 aromatic heterocycles. The highest BCUT2D eigenvalue weighted by Crippen LogP contribution is 2.29. The largest absolute Gasteiger partial charge is 0.319 e. The van der Waals surface area contributed by atoms with Gasteiger partial charge in [0.1, 0.15) is 0 Å². The number of amides is 1. The Hall–Kier alpha value is -2.37. The van der Waals surface area contributed by atoms with E-state index in [4.69, 9.17) is 23.2 Å². The second-order valence-corrected chi connectivity index (χ2v) is 6.55. The molecule has 128 valence electrons. The molecule has 0 aliphatic heterocycles. The van der Waals surface area contributed by atoms with E-state index in [1.807, 2.05) is 32.0 Å². The average molecular weight is 375 g/mol. The normalized spacial score (nSPS) is 10.8. The second-order valence-electron chi connectivity index (χ2n) is 5.77. The molecule has 0 unspecified atom stereocenters. The van der Waals surface area contributed by atoms with E-state index >= 15 is 0 Å². The minimum absolute atomic E-state index is 0.232. The molecule has 1 heterocycles. The Labute approximate surface area is 155 Å². The van der Waals surface area contributed by atoms with Gasteiger partial charge in [-0.25, -0.2) is 0 Å². The molecule has 3 rings (SSSR count). The Morgan fingerprint density at radius 1 is 1.08 bits per heavy atom. The van der Waals surface area contributed by atoms with Gasteiger partial charge in [-0.15, -0.1) is 5.10 Å². The smallest absolute Gasteiger partial charge is 0.278 e. The summed E-state index contributed by atoms with van der Waals surface area (Å²) in [5, 5.41) is 12.1. The van der Waals surface area contributed by atoms with Crippen molar-refractivity contribution in [2.24, 2.45) is 0 Å². The number of aryl methyl sites for hydroxylation is 3. The molecule has 3 aromatic rings. The van der Waals surface area contributed by atoms with Gasteiger partial charge in [0.25, 0.3) is 5.91 Å². The molecule has 5 nitrogen and oxygen atoms in total. The third kappa shape index (κ3) is 3.52. The summed E-state index contributed by atoms with van der Waals surface area (Å²) in [7, 11) is 0. The van der Waals surface area contributed by atoms with Crippen LogP contribution in [-0.4, -0.2) is 20.9 Å². The molecule has 0 saturated carbocycles. The molecule has 0 atom stereocenters. The van der Waals surface area contributed by atoms with Crippen LogP contribution in [0.25, 0.3) is 5.69 Å². The molecule has 0 saturated heterocycles. The number of hydrogen-bond donors (Lipinski definition) is 1. The number of rotatable bonds is 3. The van der Waals surface area contributed by atoms with Crippen LogP contribution in [0.4, 0.5) is 5.69 Å². The summed E-state index contributed by atoms with van der Waals surface area (Å²) in [4.78, 5) is 14.0. The number of benzene rings is 2. The highest BCUT2D eigenvalue weighted by atomic mass is 35.5. The van der Waals surface area contributed by atoms with Gasteiger partial charge in [-0.2, -0.15) is 9.90 Å². The quantitative estimate of drug-likeness (QED) is 0.719. The summed E-state index contributed by atoms with van der Waals surface area (Å²) in [6.45, 7) is 5.74. The molecule has 2 aromatic carbocycles. The Morgan fingerprint density at radius 3 is 2.56 bits per heavy atom. The Bertz CT molecular complexity index is 966. The van der Waals surface area contributed by atoms with Crippen LogP contribution in [0.1, 0.15) is 27.3 Å². The molecule has 0 aliphatic rings. The lowest BCUT2D eigenvalue weighted by Crippen LogP contribution is -2.14. The van der Waals surface area contributed by atoms with E-state index in [2.05, 4.69) is 15.5 Å². The summed E-state index contributed by atoms with van der Waals surface area (Å²) < 4.78 is 0. The van der Waals surface area contributed by atoms with Crippen molar-refractivity contribution in [1.29, 1.82) is 0 Å². The highest BCUT2D eigenvalue weighted by molar-refractivity contribution is 6.44. The fraction of sp³-hybridized carbons (Fsp3) is 0.167. The third-order valence-electron chi connectivity index (χ3n) is 3.76. The van der Waals surface area contributed by atoms with Gasteiger partial charge in [0.2, 0.25) is 0 Å². The zero-order valence-corrected chi connectivity index (χ0v) is 15.5. The lowest BCUT2D eigenvalue weighted by Gasteiger charge is -2.07. The van der Waals surface area contributed by atoms with Crippen molar-refractivity contribution >= 4 is 34.8 Å². The molecular weight excluding hydrogens is 359 g/mol. The minimum atomic E-state index is -0.391. The number of nitrogens with one attached hydrogen (secondary N) is 1. The van der Waals surface area contributed by atoms with Crippen molar-refractivity contribution in [3.8, 4) is 5.69 Å². The standard InChI is InChI=1S/C18H16Cl2N4O/c1-10-7-8-15(11(2)9-10)24-22-12(3)17(23-24)18(25)21-14-6-4-5-13(19)16(14)20/h4-9H,1-3H3,(H,21,25). The third-order valence-corrected chi connectivity index (χ3v) is 4.58. The number of carbonyl (C=O) groups is 1. The maximum atomic E-state index is 12.6. The van der Waals surface area contributed by atoms with Crippen LogP contribution in [0.15, 0.2) is 36.4 Å². The Balaban J connectivity index is 1.92. The maximum Gasteiger partial charge on any atom is 0.278 e. The molecule has 0 spiro atoms. The highest BCUT2D eigenvalue weighted by Gasteiger charge is 2.18. The van der Waals surface area contributed by atoms with Crippen molar-refractivity contribution in [3.63, 3.8) is 0 Å². The molecule has 1 N–H and O–H groups in total. The monoisotopic (exact) mass is 374 g/mol. The summed E-state index contributed by atoms with van der Waals surface area (Å²) in [6, 6.07) is 11.0. The van der Waals surface area contributed by atoms with Gasteiger partial charge in [0.05, 0.1) is 27.1 Å². The summed E-state index contributed by atoms with van der Waals surface area (Å²) in [5.74, 6) is -0.391. The van der Waals surface area contributed by atoms with E-state index in [9.17, 15) is 4.79 Å². The van der Waals surface area contributed by atoms with Crippen molar-refractivity contribution in [2.75, 3.05) is 5.32 Å². The average Bonchev–Trinajstić information content (AvgIpc) is 2.93. The number of aromatic nitrogens is 3. The van der Waals surface area contributed by atoms with Crippen LogP contribution in [0.2, 0.25) is 10.0 Å². The maximum absolute atomic E-state index is 12.6. The number of hydrogen-bond acceptors (Lipinski definition) is 3. The summed E-state index contributed by atoms with van der Waals surface area (Å²) in [5.41, 5.74) is 4.19. The molecule has 7 heteroatoms. The predicted octanol–water partition coefficient (Wildman–Crippen LogP) is 4.75. The van der Waals surface area contributed by atoms with Crippen LogP contribution in [0, 0.1) is 20.8 Å². The van der Waals surface area contributed by atoms with Gasteiger partial charge in [0.15, 0.2) is 5.69 Å². The van der Waals surface area contributed by atoms with E-state index in [-0.39, 0.29) is 10.7 Å². The molecule has 25 heavy (non-hydrogen) atoms. The van der Waals surface area contributed by atoms with E-state index in [0.29, 0.717) is 16.4 Å².